The number of amides is 1. The lowest BCUT2D eigenvalue weighted by atomic mass is 9.99. The maximum absolute atomic E-state index is 12.6. The number of piperidine rings is 1. The Kier molecular flexibility index (Phi) is 3.94. The van der Waals surface area contributed by atoms with Crippen molar-refractivity contribution >= 4 is 11.9 Å². The second kappa shape index (κ2) is 5.87. The highest BCUT2D eigenvalue weighted by atomic mass is 16.5. The van der Waals surface area contributed by atoms with Gasteiger partial charge in [-0.05, 0) is 32.1 Å². The molecule has 6 heteroatoms. The van der Waals surface area contributed by atoms with Gasteiger partial charge in [-0.1, -0.05) is 5.16 Å². The minimum absolute atomic E-state index is 0.0974. The van der Waals surface area contributed by atoms with Crippen molar-refractivity contribution in [2.75, 3.05) is 13.7 Å². The summed E-state index contributed by atoms with van der Waals surface area (Å²) in [4.78, 5) is 25.8. The minimum Gasteiger partial charge on any atom is -0.469 e. The Morgan fingerprint density at radius 1 is 1.38 bits per heavy atom. The largest absolute Gasteiger partial charge is 0.469 e. The van der Waals surface area contributed by atoms with Crippen molar-refractivity contribution < 1.29 is 18.8 Å². The van der Waals surface area contributed by atoms with Crippen LogP contribution in [-0.2, 0) is 9.53 Å². The van der Waals surface area contributed by atoms with Crippen LogP contribution in [0.1, 0.15) is 60.7 Å². The fourth-order valence-corrected chi connectivity index (χ4v) is 2.85. The summed E-state index contributed by atoms with van der Waals surface area (Å²) in [5, 5.41) is 3.90. The van der Waals surface area contributed by atoms with Gasteiger partial charge in [0.15, 0.2) is 5.69 Å². The molecule has 2 aliphatic rings. The summed E-state index contributed by atoms with van der Waals surface area (Å²) in [6.07, 6.45) is 5.27. The third-order valence-electron chi connectivity index (χ3n) is 4.25. The molecule has 21 heavy (non-hydrogen) atoms. The van der Waals surface area contributed by atoms with Gasteiger partial charge in [0.2, 0.25) is 0 Å². The van der Waals surface area contributed by atoms with Crippen LogP contribution in [0.4, 0.5) is 0 Å². The first kappa shape index (κ1) is 14.1. The van der Waals surface area contributed by atoms with E-state index in [9.17, 15) is 9.59 Å². The summed E-state index contributed by atoms with van der Waals surface area (Å²) < 4.78 is 9.97. The second-order valence-electron chi connectivity index (χ2n) is 5.82. The van der Waals surface area contributed by atoms with Crippen LogP contribution in [-0.4, -0.2) is 41.6 Å². The molecule has 3 rings (SSSR count). The van der Waals surface area contributed by atoms with Crippen LogP contribution in [0.15, 0.2) is 10.6 Å². The van der Waals surface area contributed by atoms with E-state index in [1.54, 1.807) is 11.0 Å². The number of carbonyl (C=O) groups excluding carboxylic acids is 2. The molecule has 1 unspecified atom stereocenters. The van der Waals surface area contributed by atoms with Crippen LogP contribution >= 0.6 is 0 Å². The lowest BCUT2D eigenvalue weighted by Gasteiger charge is -2.34. The van der Waals surface area contributed by atoms with E-state index in [1.807, 2.05) is 0 Å². The lowest BCUT2D eigenvalue weighted by molar-refractivity contribution is -0.142. The molecule has 114 valence electrons. The van der Waals surface area contributed by atoms with Crippen molar-refractivity contribution in [1.29, 1.82) is 0 Å². The SMILES string of the molecule is COC(=O)CC1CCCCN1C(=O)c1cc(C2CC2)on1. The zero-order valence-electron chi connectivity index (χ0n) is 12.2. The van der Waals surface area contributed by atoms with Gasteiger partial charge in [-0.3, -0.25) is 9.59 Å². The quantitative estimate of drug-likeness (QED) is 0.795. The van der Waals surface area contributed by atoms with Gasteiger partial charge in [-0.2, -0.15) is 0 Å². The Labute approximate surface area is 123 Å². The Hall–Kier alpha value is -1.85. The summed E-state index contributed by atoms with van der Waals surface area (Å²) in [7, 11) is 1.37. The molecule has 0 spiro atoms. The molecular formula is C15H20N2O4. The van der Waals surface area contributed by atoms with Gasteiger partial charge in [-0.15, -0.1) is 0 Å². The number of carbonyl (C=O) groups is 2. The van der Waals surface area contributed by atoms with Crippen molar-refractivity contribution in [1.82, 2.24) is 10.1 Å². The zero-order chi connectivity index (χ0) is 14.8. The van der Waals surface area contributed by atoms with Gasteiger partial charge in [0, 0.05) is 24.6 Å². The van der Waals surface area contributed by atoms with E-state index in [0.29, 0.717) is 18.2 Å². The standard InChI is InChI=1S/C15H20N2O4/c1-20-14(18)8-11-4-2-3-7-17(11)15(19)12-9-13(21-16-12)10-5-6-10/h9-11H,2-8H2,1H3. The molecule has 1 aliphatic carbocycles. The fraction of sp³-hybridized carbons (Fsp3) is 0.667. The third-order valence-corrected chi connectivity index (χ3v) is 4.25. The fourth-order valence-electron chi connectivity index (χ4n) is 2.85. The summed E-state index contributed by atoms with van der Waals surface area (Å²) in [6.45, 7) is 0.659. The van der Waals surface area contributed by atoms with Gasteiger partial charge < -0.3 is 14.2 Å². The Balaban J connectivity index is 1.71. The molecule has 1 saturated heterocycles. The summed E-state index contributed by atoms with van der Waals surface area (Å²) >= 11 is 0. The predicted octanol–water partition coefficient (Wildman–Crippen LogP) is 2.11. The zero-order valence-corrected chi connectivity index (χ0v) is 12.2. The van der Waals surface area contributed by atoms with Gasteiger partial charge in [0.05, 0.1) is 13.5 Å². The van der Waals surface area contributed by atoms with E-state index in [1.165, 1.54) is 7.11 Å². The van der Waals surface area contributed by atoms with E-state index >= 15 is 0 Å². The summed E-state index contributed by atoms with van der Waals surface area (Å²) in [5.41, 5.74) is 0.355. The van der Waals surface area contributed by atoms with E-state index in [2.05, 4.69) is 5.16 Å². The van der Waals surface area contributed by atoms with E-state index in [0.717, 1.165) is 37.9 Å². The second-order valence-corrected chi connectivity index (χ2v) is 5.82. The van der Waals surface area contributed by atoms with Crippen molar-refractivity contribution in [3.8, 4) is 0 Å². The number of aromatic nitrogens is 1. The van der Waals surface area contributed by atoms with Gasteiger partial charge in [0.25, 0.3) is 5.91 Å². The predicted molar refractivity (Wildman–Crippen MR) is 73.8 cm³/mol. The third kappa shape index (κ3) is 3.09. The average molecular weight is 292 g/mol. The molecule has 2 heterocycles. The highest BCUT2D eigenvalue weighted by Gasteiger charge is 2.33. The highest BCUT2D eigenvalue weighted by molar-refractivity contribution is 5.92. The Morgan fingerprint density at radius 3 is 2.90 bits per heavy atom. The molecule has 1 amide bonds. The number of esters is 1. The first-order chi connectivity index (χ1) is 10.2. The number of hydrogen-bond acceptors (Lipinski definition) is 5. The van der Waals surface area contributed by atoms with E-state index in [-0.39, 0.29) is 24.3 Å². The smallest absolute Gasteiger partial charge is 0.307 e. The number of ether oxygens (including phenoxy) is 1. The monoisotopic (exact) mass is 292 g/mol. The number of nitrogens with zero attached hydrogens (tertiary/aromatic N) is 2. The molecule has 1 saturated carbocycles. The van der Waals surface area contributed by atoms with Crippen molar-refractivity contribution in [3.05, 3.63) is 17.5 Å². The van der Waals surface area contributed by atoms with Gasteiger partial charge >= 0.3 is 5.97 Å². The summed E-state index contributed by atoms with van der Waals surface area (Å²) in [6, 6.07) is 1.66. The van der Waals surface area contributed by atoms with Crippen LogP contribution in [0.3, 0.4) is 0 Å². The van der Waals surface area contributed by atoms with Crippen molar-refractivity contribution in [3.63, 3.8) is 0 Å². The summed E-state index contributed by atoms with van der Waals surface area (Å²) in [5.74, 6) is 0.823. The lowest BCUT2D eigenvalue weighted by Crippen LogP contribution is -2.45. The van der Waals surface area contributed by atoms with Crippen molar-refractivity contribution in [2.24, 2.45) is 0 Å². The van der Waals surface area contributed by atoms with Crippen LogP contribution in [0, 0.1) is 0 Å². The molecule has 0 radical (unpaired) electrons. The average Bonchev–Trinajstić information content (AvgIpc) is 3.24. The normalized spacial score (nSPS) is 22.1. The Bertz CT molecular complexity index is 536. The maximum atomic E-state index is 12.6. The first-order valence-electron chi connectivity index (χ1n) is 7.53. The molecular weight excluding hydrogens is 272 g/mol. The highest BCUT2D eigenvalue weighted by Crippen LogP contribution is 2.40. The van der Waals surface area contributed by atoms with Crippen LogP contribution in [0.25, 0.3) is 0 Å². The van der Waals surface area contributed by atoms with Gasteiger partial charge in [0.1, 0.15) is 5.76 Å². The minimum atomic E-state index is -0.279. The maximum Gasteiger partial charge on any atom is 0.307 e. The molecule has 1 aliphatic heterocycles. The number of likely N-dealkylation sites (tertiary alicyclic amines) is 1. The topological polar surface area (TPSA) is 72.6 Å². The van der Waals surface area contributed by atoms with Crippen LogP contribution in [0.2, 0.25) is 0 Å². The molecule has 0 bridgehead atoms. The van der Waals surface area contributed by atoms with Gasteiger partial charge in [-0.25, -0.2) is 0 Å². The molecule has 1 aromatic heterocycles. The molecule has 1 atom stereocenters. The molecule has 0 N–H and O–H groups in total. The molecule has 6 nitrogen and oxygen atoms in total. The first-order valence-corrected chi connectivity index (χ1v) is 7.53. The van der Waals surface area contributed by atoms with E-state index < -0.39 is 0 Å². The van der Waals surface area contributed by atoms with Crippen molar-refractivity contribution in [2.45, 2.75) is 50.5 Å². The van der Waals surface area contributed by atoms with Crippen LogP contribution < -0.4 is 0 Å². The van der Waals surface area contributed by atoms with Crippen LogP contribution in [0.5, 0.6) is 0 Å². The van der Waals surface area contributed by atoms with E-state index in [4.69, 9.17) is 9.26 Å². The number of hydrogen-bond donors (Lipinski definition) is 0. The Morgan fingerprint density at radius 2 is 2.19 bits per heavy atom. The molecule has 0 aromatic carbocycles. The molecule has 2 fully saturated rings. The number of rotatable bonds is 4. The molecule has 1 aromatic rings. The number of methoxy groups -OCH3 is 1.